The van der Waals surface area contributed by atoms with Gasteiger partial charge in [-0.3, -0.25) is 4.90 Å². The van der Waals surface area contributed by atoms with Crippen LogP contribution in [0.1, 0.15) is 12.8 Å². The second kappa shape index (κ2) is 2.96. The van der Waals surface area contributed by atoms with E-state index >= 15 is 0 Å². The van der Waals surface area contributed by atoms with Crippen LogP contribution in [-0.2, 0) is 0 Å². The summed E-state index contributed by atoms with van der Waals surface area (Å²) in [4.78, 5) is 2.06. The third kappa shape index (κ3) is 1.25. The zero-order valence-electron chi connectivity index (χ0n) is 6.93. The molecule has 70 valence electrons. The zero-order valence-corrected chi connectivity index (χ0v) is 6.93. The number of nitrogens with zero attached hydrogens (tertiary/aromatic N) is 1. The van der Waals surface area contributed by atoms with Crippen LogP contribution in [0, 0.1) is 0 Å². The van der Waals surface area contributed by atoms with E-state index in [4.69, 9.17) is 0 Å². The first-order chi connectivity index (χ1) is 5.68. The molecule has 0 aromatic rings. The van der Waals surface area contributed by atoms with Crippen molar-refractivity contribution in [1.29, 1.82) is 0 Å². The third-order valence-corrected chi connectivity index (χ3v) is 2.94. The number of piperidine rings is 1. The van der Waals surface area contributed by atoms with E-state index in [1.807, 2.05) is 0 Å². The molecule has 4 atom stereocenters. The van der Waals surface area contributed by atoms with Crippen molar-refractivity contribution in [2.24, 2.45) is 0 Å². The maximum Gasteiger partial charge on any atom is 0.0967 e. The van der Waals surface area contributed by atoms with E-state index in [-0.39, 0.29) is 12.1 Å². The zero-order chi connectivity index (χ0) is 8.72. The molecule has 2 saturated heterocycles. The molecule has 0 spiro atoms. The molecular formula is C8H15NO3. The summed E-state index contributed by atoms with van der Waals surface area (Å²) >= 11 is 0. The topological polar surface area (TPSA) is 63.9 Å². The second-order valence-electron chi connectivity index (χ2n) is 3.80. The van der Waals surface area contributed by atoms with E-state index in [0.29, 0.717) is 13.0 Å². The third-order valence-electron chi connectivity index (χ3n) is 2.94. The Labute approximate surface area is 71.4 Å². The summed E-state index contributed by atoms with van der Waals surface area (Å²) in [6.45, 7) is 1.35. The lowest BCUT2D eigenvalue weighted by Crippen LogP contribution is -2.44. The Morgan fingerprint density at radius 1 is 1.17 bits per heavy atom. The van der Waals surface area contributed by atoms with Crippen molar-refractivity contribution in [2.75, 3.05) is 13.1 Å². The minimum Gasteiger partial charge on any atom is -0.393 e. The first-order valence-corrected chi connectivity index (χ1v) is 4.46. The van der Waals surface area contributed by atoms with Crippen molar-refractivity contribution in [3.05, 3.63) is 0 Å². The molecule has 0 aliphatic carbocycles. The molecule has 2 rings (SSSR count). The van der Waals surface area contributed by atoms with Crippen molar-refractivity contribution in [2.45, 2.75) is 37.2 Å². The smallest absolute Gasteiger partial charge is 0.0967 e. The summed E-state index contributed by atoms with van der Waals surface area (Å²) in [5.41, 5.74) is 0. The van der Waals surface area contributed by atoms with Crippen LogP contribution >= 0.6 is 0 Å². The SMILES string of the molecule is O[C@H]1CCN2C[C@@H](O)[C@H](O)[C@H]2C1. The molecule has 2 heterocycles. The summed E-state index contributed by atoms with van der Waals surface area (Å²) in [5, 5.41) is 28.2. The lowest BCUT2D eigenvalue weighted by molar-refractivity contribution is 0.00403. The first kappa shape index (κ1) is 8.44. The van der Waals surface area contributed by atoms with Crippen LogP contribution < -0.4 is 0 Å². The number of hydrogen-bond acceptors (Lipinski definition) is 4. The van der Waals surface area contributed by atoms with Crippen molar-refractivity contribution < 1.29 is 15.3 Å². The molecule has 0 radical (unpaired) electrons. The summed E-state index contributed by atoms with van der Waals surface area (Å²) in [6.07, 6.45) is -0.236. The average molecular weight is 173 g/mol. The summed E-state index contributed by atoms with van der Waals surface area (Å²) < 4.78 is 0. The fourth-order valence-electron chi connectivity index (χ4n) is 2.21. The molecular weight excluding hydrogens is 158 g/mol. The molecule has 0 amide bonds. The summed E-state index contributed by atoms with van der Waals surface area (Å²) in [6, 6.07) is -0.0243. The van der Waals surface area contributed by atoms with Crippen LogP contribution in [0.15, 0.2) is 0 Å². The van der Waals surface area contributed by atoms with Crippen molar-refractivity contribution in [3.8, 4) is 0 Å². The Morgan fingerprint density at radius 3 is 2.67 bits per heavy atom. The van der Waals surface area contributed by atoms with E-state index in [0.717, 1.165) is 13.0 Å². The first-order valence-electron chi connectivity index (χ1n) is 4.46. The number of fused-ring (bicyclic) bond motifs is 1. The van der Waals surface area contributed by atoms with Gasteiger partial charge in [-0.1, -0.05) is 0 Å². The Hall–Kier alpha value is -0.160. The van der Waals surface area contributed by atoms with Gasteiger partial charge in [-0.2, -0.15) is 0 Å². The molecule has 4 heteroatoms. The van der Waals surface area contributed by atoms with Crippen LogP contribution in [0.25, 0.3) is 0 Å². The maximum atomic E-state index is 9.51. The highest BCUT2D eigenvalue weighted by atomic mass is 16.3. The van der Waals surface area contributed by atoms with Crippen molar-refractivity contribution >= 4 is 0 Å². The van der Waals surface area contributed by atoms with Crippen molar-refractivity contribution in [3.63, 3.8) is 0 Å². The van der Waals surface area contributed by atoms with E-state index in [1.165, 1.54) is 0 Å². The average Bonchev–Trinajstić information content (AvgIpc) is 2.31. The Morgan fingerprint density at radius 2 is 1.92 bits per heavy atom. The maximum absolute atomic E-state index is 9.51. The molecule has 0 aromatic carbocycles. The van der Waals surface area contributed by atoms with Gasteiger partial charge in [-0.15, -0.1) is 0 Å². The van der Waals surface area contributed by atoms with Gasteiger partial charge in [0.15, 0.2) is 0 Å². The van der Waals surface area contributed by atoms with Gasteiger partial charge in [-0.25, -0.2) is 0 Å². The van der Waals surface area contributed by atoms with Crippen LogP contribution in [0.4, 0.5) is 0 Å². The lowest BCUT2D eigenvalue weighted by atomic mass is 9.98. The number of rotatable bonds is 0. The lowest BCUT2D eigenvalue weighted by Gasteiger charge is -2.33. The highest BCUT2D eigenvalue weighted by Gasteiger charge is 2.42. The highest BCUT2D eigenvalue weighted by molar-refractivity contribution is 4.97. The molecule has 4 nitrogen and oxygen atoms in total. The predicted molar refractivity (Wildman–Crippen MR) is 42.6 cm³/mol. The van der Waals surface area contributed by atoms with Crippen LogP contribution in [0.2, 0.25) is 0 Å². The molecule has 0 aromatic heterocycles. The highest BCUT2D eigenvalue weighted by Crippen LogP contribution is 2.27. The fourth-order valence-corrected chi connectivity index (χ4v) is 2.21. The minimum atomic E-state index is -0.667. The van der Waals surface area contributed by atoms with Gasteiger partial charge in [0.25, 0.3) is 0 Å². The molecule has 0 bridgehead atoms. The summed E-state index contributed by atoms with van der Waals surface area (Å²) in [5.74, 6) is 0. The monoisotopic (exact) mass is 173 g/mol. The fraction of sp³-hybridized carbons (Fsp3) is 1.00. The quantitative estimate of drug-likeness (QED) is 0.419. The van der Waals surface area contributed by atoms with E-state index in [1.54, 1.807) is 0 Å². The predicted octanol–water partition coefficient (Wildman–Crippen LogP) is -1.45. The molecule has 12 heavy (non-hydrogen) atoms. The second-order valence-corrected chi connectivity index (χ2v) is 3.80. The molecule has 0 saturated carbocycles. The van der Waals surface area contributed by atoms with Gasteiger partial charge in [-0.05, 0) is 12.8 Å². The molecule has 2 fully saturated rings. The van der Waals surface area contributed by atoms with Crippen LogP contribution in [-0.4, -0.2) is 57.7 Å². The van der Waals surface area contributed by atoms with Crippen LogP contribution in [0.5, 0.6) is 0 Å². The van der Waals surface area contributed by atoms with Gasteiger partial charge in [0.2, 0.25) is 0 Å². The van der Waals surface area contributed by atoms with Gasteiger partial charge in [0.05, 0.1) is 18.3 Å². The van der Waals surface area contributed by atoms with E-state index < -0.39 is 12.2 Å². The molecule has 0 unspecified atom stereocenters. The van der Waals surface area contributed by atoms with Crippen molar-refractivity contribution in [1.82, 2.24) is 4.90 Å². The minimum absolute atomic E-state index is 0.0243. The summed E-state index contributed by atoms with van der Waals surface area (Å²) in [7, 11) is 0. The van der Waals surface area contributed by atoms with Gasteiger partial charge in [0, 0.05) is 19.1 Å². The van der Waals surface area contributed by atoms with E-state index in [2.05, 4.69) is 4.90 Å². The molecule has 3 N–H and O–H groups in total. The largest absolute Gasteiger partial charge is 0.393 e. The van der Waals surface area contributed by atoms with Gasteiger partial charge in [0.1, 0.15) is 0 Å². The Kier molecular flexibility index (Phi) is 2.08. The normalized spacial score (nSPS) is 49.2. The van der Waals surface area contributed by atoms with Gasteiger partial charge >= 0.3 is 0 Å². The van der Waals surface area contributed by atoms with E-state index in [9.17, 15) is 15.3 Å². The Bertz CT molecular complexity index is 176. The molecule has 2 aliphatic rings. The van der Waals surface area contributed by atoms with Gasteiger partial charge < -0.3 is 15.3 Å². The standard InChI is InChI=1S/C8H15NO3/c10-5-1-2-9-4-7(11)8(12)6(9)3-5/h5-8,10-12H,1-4H2/t5-,6+,7+,8+/m0/s1. The number of aliphatic hydroxyl groups excluding tert-OH is 3. The number of aliphatic hydroxyl groups is 3. The Balaban J connectivity index is 2.05. The van der Waals surface area contributed by atoms with Crippen LogP contribution in [0.3, 0.4) is 0 Å². The number of hydrogen-bond donors (Lipinski definition) is 3. The molecule has 2 aliphatic heterocycles.